The first-order chi connectivity index (χ1) is 22.0. The summed E-state index contributed by atoms with van der Waals surface area (Å²) >= 11 is 4.47. The third-order valence-electron chi connectivity index (χ3n) is 3.98. The van der Waals surface area contributed by atoms with E-state index < -0.39 is 5.97 Å². The SMILES string of the molecule is CC.CC.CC.CC.CN.CNCCc1ccccc1.NCCc1ccccc1.O=C(O)Cc1ccccc1.[B][I-]I.[B][I-]I. The molecule has 0 aliphatic heterocycles. The number of aliphatic carboxylic acids is 1. The van der Waals surface area contributed by atoms with Crippen LogP contribution < -0.4 is 50.8 Å². The fraction of sp³-hybridized carbons (Fsp3) is 0.441. The van der Waals surface area contributed by atoms with E-state index in [9.17, 15) is 4.79 Å². The molecule has 0 aliphatic carbocycles. The minimum atomic E-state index is -0.786. The number of likely N-dealkylation sites (N-methyl/N-ethyl adjacent to an activating group) is 1. The molecule has 0 spiro atoms. The summed E-state index contributed by atoms with van der Waals surface area (Å²) < 4.78 is 0. The summed E-state index contributed by atoms with van der Waals surface area (Å²) in [6.45, 7) is 17.8. The Morgan fingerprint density at radius 3 is 1.18 bits per heavy atom. The van der Waals surface area contributed by atoms with E-state index in [1.165, 1.54) is 18.2 Å². The monoisotopic (exact) mass is 1070 g/mol. The number of carboxylic acids is 1. The number of halogens is 4. The molecule has 0 saturated carbocycles. The predicted octanol–water partition coefficient (Wildman–Crippen LogP) is 2.65. The molecule has 260 valence electrons. The van der Waals surface area contributed by atoms with Crippen molar-refractivity contribution < 1.29 is 43.9 Å². The Morgan fingerprint density at radius 1 is 0.667 bits per heavy atom. The molecule has 0 aromatic heterocycles. The van der Waals surface area contributed by atoms with Gasteiger partial charge in [0.15, 0.2) is 0 Å². The van der Waals surface area contributed by atoms with Crippen molar-refractivity contribution in [1.29, 1.82) is 0 Å². The van der Waals surface area contributed by atoms with Gasteiger partial charge in [-0.1, -0.05) is 146 Å². The number of nitrogens with one attached hydrogen (secondary N) is 1. The normalized spacial score (nSPS) is 7.69. The predicted molar refractivity (Wildman–Crippen MR) is 216 cm³/mol. The summed E-state index contributed by atoms with van der Waals surface area (Å²) in [4.78, 5) is 10.2. The van der Waals surface area contributed by atoms with Gasteiger partial charge in [-0.05, 0) is 56.7 Å². The van der Waals surface area contributed by atoms with Crippen LogP contribution >= 0.6 is 37.2 Å². The maximum atomic E-state index is 10.2. The summed E-state index contributed by atoms with van der Waals surface area (Å²) in [5, 5.41) is 11.5. The van der Waals surface area contributed by atoms with Crippen LogP contribution in [0.5, 0.6) is 0 Å². The van der Waals surface area contributed by atoms with Crippen LogP contribution in [0.3, 0.4) is 0 Å². The molecule has 45 heavy (non-hydrogen) atoms. The molecule has 3 rings (SSSR count). The van der Waals surface area contributed by atoms with E-state index in [2.05, 4.69) is 84.7 Å². The van der Waals surface area contributed by atoms with Gasteiger partial charge in [0, 0.05) is 0 Å². The standard InChI is InChI=1S/C9H13N.C8H11N.C8H8O2.4C2H6.CH5N.2BI2/c1-10-8-7-9-5-3-2-4-6-9;9-7-6-8-4-2-1-3-5-8;9-8(10)6-7-4-2-1-3-5-7;5*1-2;2*1-3-2/h2-6,10H,7-8H2,1H3;1-5H,6-7,9H2;1-5H,6H2,(H,9,10);4*1-2H3;2H2,1H3;;/q;;;;;;;;2*-1. The first kappa shape index (κ1) is 60.4. The molecule has 6 N–H and O–H groups in total. The van der Waals surface area contributed by atoms with Crippen molar-refractivity contribution in [3.8, 4) is 0 Å². The van der Waals surface area contributed by atoms with Gasteiger partial charge < -0.3 is 21.9 Å². The molecule has 0 amide bonds. The zero-order valence-electron chi connectivity index (χ0n) is 29.4. The van der Waals surface area contributed by atoms with Crippen LogP contribution in [0, 0.1) is 0 Å². The zero-order chi connectivity index (χ0) is 36.6. The van der Waals surface area contributed by atoms with Gasteiger partial charge in [-0.25, -0.2) is 0 Å². The van der Waals surface area contributed by atoms with E-state index in [4.69, 9.17) is 22.2 Å². The van der Waals surface area contributed by atoms with Crippen molar-refractivity contribution in [3.63, 3.8) is 0 Å². The summed E-state index contributed by atoms with van der Waals surface area (Å²) in [5.74, 6) is -0.786. The summed E-state index contributed by atoms with van der Waals surface area (Å²) in [7, 11) is 3.48. The molecule has 0 heterocycles. The molecule has 3 aromatic rings. The Bertz CT molecular complexity index is 827. The summed E-state index contributed by atoms with van der Waals surface area (Å²) in [6.07, 6.45) is 2.22. The number of nitrogens with two attached hydrogens (primary N) is 2. The van der Waals surface area contributed by atoms with E-state index in [-0.39, 0.29) is 40.4 Å². The van der Waals surface area contributed by atoms with E-state index in [0.717, 1.165) is 31.5 Å². The number of rotatable bonds is 7. The summed E-state index contributed by atoms with van der Waals surface area (Å²) in [6, 6.07) is 29.9. The van der Waals surface area contributed by atoms with Crippen molar-refractivity contribution in [3.05, 3.63) is 108 Å². The summed E-state index contributed by atoms with van der Waals surface area (Å²) in [5.41, 5.74) is 23.3. The van der Waals surface area contributed by atoms with Crippen LogP contribution in [0.15, 0.2) is 91.0 Å². The molecule has 0 atom stereocenters. The molecule has 5 nitrogen and oxygen atoms in total. The van der Waals surface area contributed by atoms with Gasteiger partial charge in [0.2, 0.25) is 0 Å². The van der Waals surface area contributed by atoms with Gasteiger partial charge in [0.25, 0.3) is 0 Å². The second-order valence-electron chi connectivity index (χ2n) is 6.58. The Hall–Kier alpha value is 0.0599. The Labute approximate surface area is 321 Å². The molecular weight excluding hydrogens is 1010 g/mol. The van der Waals surface area contributed by atoms with Crippen molar-refractivity contribution in [2.75, 3.05) is 27.2 Å². The quantitative estimate of drug-likeness (QED) is 0.216. The molecule has 4 radical (unpaired) electrons. The minimum absolute atomic E-state index is 0.0600. The van der Waals surface area contributed by atoms with Crippen LogP contribution in [-0.2, 0) is 24.1 Å². The Balaban J connectivity index is -0.0000000785. The Kier molecular flexibility index (Phi) is 89.2. The van der Waals surface area contributed by atoms with Gasteiger partial charge in [0.05, 0.1) is 6.42 Å². The third-order valence-corrected chi connectivity index (χ3v) is 3.98. The number of benzene rings is 3. The van der Waals surface area contributed by atoms with Gasteiger partial charge in [0.1, 0.15) is 0 Å². The van der Waals surface area contributed by atoms with Crippen LogP contribution in [0.25, 0.3) is 0 Å². The van der Waals surface area contributed by atoms with Crippen molar-refractivity contribution in [2.24, 2.45) is 11.5 Å². The first-order valence-corrected chi connectivity index (χ1v) is 30.2. The fourth-order valence-electron chi connectivity index (χ4n) is 2.50. The second-order valence-corrected chi connectivity index (χ2v) is 13.8. The average molecular weight is 1070 g/mol. The Morgan fingerprint density at radius 2 is 0.933 bits per heavy atom. The van der Waals surface area contributed by atoms with Crippen LogP contribution in [0.2, 0.25) is 0 Å². The average Bonchev–Trinajstić information content (AvgIpc) is 3.11. The first-order valence-electron chi connectivity index (χ1n) is 15.1. The van der Waals surface area contributed by atoms with Crippen molar-refractivity contribution >= 4 is 54.6 Å². The van der Waals surface area contributed by atoms with Crippen LogP contribution in [0.1, 0.15) is 72.1 Å². The molecular formula is C34H61B2I4N3O2-2. The van der Waals surface area contributed by atoms with Gasteiger partial charge in [-0.3, -0.25) is 4.79 Å². The second kappa shape index (κ2) is 66.5. The molecule has 0 unspecified atom stereocenters. The van der Waals surface area contributed by atoms with Crippen molar-refractivity contribution in [2.45, 2.75) is 74.7 Å². The number of hydrogen-bond acceptors (Lipinski definition) is 4. The van der Waals surface area contributed by atoms with E-state index in [1.807, 2.05) is 105 Å². The van der Waals surface area contributed by atoms with Crippen LogP contribution in [0.4, 0.5) is 0 Å². The molecule has 3 aromatic carbocycles. The van der Waals surface area contributed by atoms with Crippen LogP contribution in [-0.4, -0.2) is 49.7 Å². The number of carboxylic acid groups (broad SMARTS) is 1. The number of carbonyl (C=O) groups is 1. The zero-order valence-corrected chi connectivity index (χ0v) is 38.0. The molecule has 0 bridgehead atoms. The van der Waals surface area contributed by atoms with Gasteiger partial charge in [-0.15, -0.1) is 0 Å². The van der Waals surface area contributed by atoms with E-state index >= 15 is 0 Å². The maximum absolute atomic E-state index is 10.2. The third kappa shape index (κ3) is 63.4. The van der Waals surface area contributed by atoms with Gasteiger partial charge in [-0.2, -0.15) is 0 Å². The molecule has 0 fully saturated rings. The molecule has 11 heteroatoms. The van der Waals surface area contributed by atoms with Crippen molar-refractivity contribution in [1.82, 2.24) is 5.32 Å². The topological polar surface area (TPSA) is 101 Å². The molecule has 0 saturated heterocycles. The van der Waals surface area contributed by atoms with E-state index in [0.29, 0.717) is 0 Å². The van der Waals surface area contributed by atoms with E-state index in [1.54, 1.807) is 12.1 Å². The molecule has 0 aliphatic rings. The fourth-order valence-corrected chi connectivity index (χ4v) is 2.50. The van der Waals surface area contributed by atoms with Gasteiger partial charge >= 0.3 is 88.6 Å². The number of hydrogen-bond donors (Lipinski definition) is 4.